The van der Waals surface area contributed by atoms with E-state index in [1.165, 1.54) is 0 Å². The van der Waals surface area contributed by atoms with Gasteiger partial charge in [-0.2, -0.15) is 5.26 Å². The summed E-state index contributed by atoms with van der Waals surface area (Å²) in [5.74, 6) is 0. The molecular weight excluding hydrogens is 476 g/mol. The molecule has 0 spiro atoms. The lowest BCUT2D eigenvalue weighted by atomic mass is 9.97. The van der Waals surface area contributed by atoms with Crippen LogP contribution in [-0.2, 0) is 0 Å². The van der Waals surface area contributed by atoms with Crippen LogP contribution in [0, 0.1) is 11.3 Å². The van der Waals surface area contributed by atoms with Gasteiger partial charge in [-0.3, -0.25) is 4.98 Å². The molecule has 0 saturated heterocycles. The summed E-state index contributed by atoms with van der Waals surface area (Å²) in [6.45, 7) is 0. The van der Waals surface area contributed by atoms with E-state index in [1.54, 1.807) is 6.20 Å². The van der Waals surface area contributed by atoms with Crippen LogP contribution in [0.25, 0.3) is 66.4 Å². The highest BCUT2D eigenvalue weighted by molar-refractivity contribution is 6.13. The van der Waals surface area contributed by atoms with Gasteiger partial charge in [-0.25, -0.2) is 0 Å². The van der Waals surface area contributed by atoms with Crippen LogP contribution in [-0.4, -0.2) is 4.98 Å². The molecule has 0 aliphatic rings. The van der Waals surface area contributed by atoms with Crippen molar-refractivity contribution in [3.8, 4) is 50.6 Å². The second-order valence-corrected chi connectivity index (χ2v) is 9.55. The quantitative estimate of drug-likeness (QED) is 0.243. The lowest BCUT2D eigenvalue weighted by Gasteiger charge is -2.06. The first-order chi connectivity index (χ1) is 19.3. The molecule has 0 N–H and O–H groups in total. The van der Waals surface area contributed by atoms with Crippen molar-refractivity contribution < 1.29 is 4.42 Å². The number of nitriles is 1. The number of fused-ring (bicyclic) bond motifs is 3. The zero-order valence-corrected chi connectivity index (χ0v) is 21.0. The minimum Gasteiger partial charge on any atom is -0.455 e. The molecule has 0 aliphatic carbocycles. The predicted octanol–water partition coefficient (Wildman–Crippen LogP) is 9.52. The van der Waals surface area contributed by atoms with Gasteiger partial charge < -0.3 is 4.42 Å². The zero-order chi connectivity index (χ0) is 26.2. The number of rotatable bonds is 4. The Morgan fingerprint density at radius 2 is 0.974 bits per heavy atom. The molecule has 3 nitrogen and oxygen atoms in total. The van der Waals surface area contributed by atoms with Gasteiger partial charge in [0.2, 0.25) is 0 Å². The van der Waals surface area contributed by atoms with Crippen LogP contribution >= 0.6 is 0 Å². The first kappa shape index (κ1) is 22.7. The van der Waals surface area contributed by atoms with Crippen molar-refractivity contribution in [2.45, 2.75) is 0 Å². The number of para-hydroxylation sites is 2. The fourth-order valence-corrected chi connectivity index (χ4v) is 5.23. The molecule has 39 heavy (non-hydrogen) atoms. The Bertz CT molecular complexity index is 1980. The number of hydrogen-bond donors (Lipinski definition) is 0. The molecule has 0 bridgehead atoms. The lowest BCUT2D eigenvalue weighted by molar-refractivity contribution is 0.671. The molecule has 2 aromatic heterocycles. The highest BCUT2D eigenvalue weighted by Crippen LogP contribution is 2.40. The van der Waals surface area contributed by atoms with Crippen molar-refractivity contribution in [3.05, 3.63) is 139 Å². The Morgan fingerprint density at radius 3 is 1.46 bits per heavy atom. The minimum atomic E-state index is 0.663. The Labute approximate surface area is 226 Å². The summed E-state index contributed by atoms with van der Waals surface area (Å²) in [6.07, 6.45) is 3.67. The van der Waals surface area contributed by atoms with Gasteiger partial charge in [0, 0.05) is 34.3 Å². The minimum absolute atomic E-state index is 0.663. The van der Waals surface area contributed by atoms with E-state index in [0.29, 0.717) is 5.56 Å². The molecule has 0 atom stereocenters. The summed E-state index contributed by atoms with van der Waals surface area (Å²) >= 11 is 0. The van der Waals surface area contributed by atoms with Crippen LogP contribution in [0.2, 0.25) is 0 Å². The summed E-state index contributed by atoms with van der Waals surface area (Å²) in [5.41, 5.74) is 11.2. The highest BCUT2D eigenvalue weighted by Gasteiger charge is 2.15. The number of nitrogens with zero attached hydrogens (tertiary/aromatic N) is 2. The Balaban J connectivity index is 1.29. The highest BCUT2D eigenvalue weighted by atomic mass is 16.3. The van der Waals surface area contributed by atoms with Gasteiger partial charge in [0.15, 0.2) is 0 Å². The van der Waals surface area contributed by atoms with E-state index in [2.05, 4.69) is 102 Å². The van der Waals surface area contributed by atoms with Gasteiger partial charge in [0.25, 0.3) is 0 Å². The van der Waals surface area contributed by atoms with Crippen molar-refractivity contribution in [2.75, 3.05) is 0 Å². The van der Waals surface area contributed by atoms with Crippen LogP contribution in [0.5, 0.6) is 0 Å². The fourth-order valence-electron chi connectivity index (χ4n) is 5.23. The zero-order valence-electron chi connectivity index (χ0n) is 21.0. The molecule has 0 amide bonds. The van der Waals surface area contributed by atoms with Gasteiger partial charge in [0.1, 0.15) is 11.2 Å². The Morgan fingerprint density at radius 1 is 0.487 bits per heavy atom. The van der Waals surface area contributed by atoms with Crippen molar-refractivity contribution in [3.63, 3.8) is 0 Å². The molecule has 7 rings (SSSR count). The largest absolute Gasteiger partial charge is 0.455 e. The summed E-state index contributed by atoms with van der Waals surface area (Å²) in [7, 11) is 0. The molecule has 0 saturated carbocycles. The molecule has 0 unspecified atom stereocenters. The maximum Gasteiger partial charge on any atom is 0.143 e. The molecule has 7 aromatic rings. The van der Waals surface area contributed by atoms with Crippen LogP contribution in [0.1, 0.15) is 5.56 Å². The molecule has 182 valence electrons. The van der Waals surface area contributed by atoms with E-state index in [9.17, 15) is 0 Å². The van der Waals surface area contributed by atoms with Gasteiger partial charge >= 0.3 is 0 Å². The van der Waals surface area contributed by atoms with E-state index in [1.807, 2.05) is 36.5 Å². The van der Waals surface area contributed by atoms with Gasteiger partial charge in [-0.1, -0.05) is 103 Å². The Kier molecular flexibility index (Phi) is 5.50. The third-order valence-electron chi connectivity index (χ3n) is 7.26. The summed E-state index contributed by atoms with van der Waals surface area (Å²) in [4.78, 5) is 4.24. The molecule has 0 aliphatic heterocycles. The second kappa shape index (κ2) is 9.45. The predicted molar refractivity (Wildman–Crippen MR) is 158 cm³/mol. The van der Waals surface area contributed by atoms with Crippen LogP contribution in [0.4, 0.5) is 0 Å². The average Bonchev–Trinajstić information content (AvgIpc) is 3.41. The van der Waals surface area contributed by atoms with E-state index < -0.39 is 0 Å². The van der Waals surface area contributed by atoms with Crippen molar-refractivity contribution in [1.29, 1.82) is 5.26 Å². The summed E-state index contributed by atoms with van der Waals surface area (Å²) in [6, 6.07) is 43.6. The monoisotopic (exact) mass is 498 g/mol. The van der Waals surface area contributed by atoms with E-state index in [-0.39, 0.29) is 0 Å². The second-order valence-electron chi connectivity index (χ2n) is 9.55. The van der Waals surface area contributed by atoms with Crippen molar-refractivity contribution in [2.24, 2.45) is 0 Å². The van der Waals surface area contributed by atoms with Crippen molar-refractivity contribution >= 4 is 21.9 Å². The average molecular weight is 499 g/mol. The topological polar surface area (TPSA) is 49.8 Å². The maximum atomic E-state index is 9.08. The number of hydrogen-bond acceptors (Lipinski definition) is 3. The SMILES string of the molecule is N#Cc1ccc(-c2ccc(-c3cccc4c3oc3c(-c5ccc(-c6cccnc6)cc5)cccc34)cc2)cc1. The van der Waals surface area contributed by atoms with E-state index in [0.717, 1.165) is 66.4 Å². The van der Waals surface area contributed by atoms with Crippen LogP contribution in [0.3, 0.4) is 0 Å². The third-order valence-corrected chi connectivity index (χ3v) is 7.26. The smallest absolute Gasteiger partial charge is 0.143 e. The van der Waals surface area contributed by atoms with Gasteiger partial charge in [-0.05, 0) is 51.6 Å². The number of furan rings is 1. The van der Waals surface area contributed by atoms with E-state index in [4.69, 9.17) is 9.68 Å². The first-order valence-electron chi connectivity index (χ1n) is 12.8. The van der Waals surface area contributed by atoms with E-state index >= 15 is 0 Å². The molecule has 2 heterocycles. The maximum absolute atomic E-state index is 9.08. The van der Waals surface area contributed by atoms with Gasteiger partial charge in [0.05, 0.1) is 11.6 Å². The Hall–Kier alpha value is -5.46. The fraction of sp³-hybridized carbons (Fsp3) is 0. The standard InChI is InChI=1S/C36H22N2O/c37-22-24-9-11-25(12-10-24)26-13-17-28(18-14-26)31-5-1-7-33-34-8-2-6-32(36(34)39-35(31)33)29-19-15-27(16-20-29)30-4-3-21-38-23-30/h1-21,23H. The van der Waals surface area contributed by atoms with Crippen LogP contribution in [0.15, 0.2) is 138 Å². The number of aromatic nitrogens is 1. The third kappa shape index (κ3) is 4.05. The molecule has 0 fully saturated rings. The summed E-state index contributed by atoms with van der Waals surface area (Å²) in [5, 5.41) is 11.3. The van der Waals surface area contributed by atoms with Gasteiger partial charge in [-0.15, -0.1) is 0 Å². The lowest BCUT2D eigenvalue weighted by Crippen LogP contribution is -1.82. The molecule has 3 heteroatoms. The molecule has 5 aromatic carbocycles. The number of benzene rings is 5. The van der Waals surface area contributed by atoms with Crippen LogP contribution < -0.4 is 0 Å². The van der Waals surface area contributed by atoms with Crippen molar-refractivity contribution in [1.82, 2.24) is 4.98 Å². The normalized spacial score (nSPS) is 11.1. The first-order valence-corrected chi connectivity index (χ1v) is 12.8. The summed E-state index contributed by atoms with van der Waals surface area (Å²) < 4.78 is 6.64. The molecule has 0 radical (unpaired) electrons. The molecular formula is C36H22N2O. The number of pyridine rings is 1.